The highest BCUT2D eigenvalue weighted by Crippen LogP contribution is 2.26. The monoisotopic (exact) mass is 190 g/mol. The number of allylic oxidation sites excluding steroid dienone is 1. The minimum absolute atomic E-state index is 0.198. The van der Waals surface area contributed by atoms with Crippen molar-refractivity contribution in [3.05, 3.63) is 29.4 Å². The van der Waals surface area contributed by atoms with Crippen LogP contribution in [0.1, 0.15) is 39.1 Å². The van der Waals surface area contributed by atoms with Crippen molar-refractivity contribution >= 4 is 6.08 Å². The quantitative estimate of drug-likeness (QED) is 0.679. The lowest BCUT2D eigenvalue weighted by Gasteiger charge is -2.19. The summed E-state index contributed by atoms with van der Waals surface area (Å²) in [6, 6.07) is 0. The van der Waals surface area contributed by atoms with Gasteiger partial charge >= 0.3 is 0 Å². The second kappa shape index (κ2) is 3.91. The Morgan fingerprint density at radius 3 is 2.29 bits per heavy atom. The van der Waals surface area contributed by atoms with E-state index < -0.39 is 0 Å². The predicted molar refractivity (Wildman–Crippen MR) is 59.9 cm³/mol. The van der Waals surface area contributed by atoms with E-state index in [1.165, 1.54) is 5.57 Å². The van der Waals surface area contributed by atoms with Gasteiger partial charge in [0, 0.05) is 12.4 Å². The zero-order chi connectivity index (χ0) is 10.8. The lowest BCUT2D eigenvalue weighted by molar-refractivity contribution is 0.507. The molecule has 0 N–H and O–H groups in total. The van der Waals surface area contributed by atoms with Gasteiger partial charge in [-0.3, -0.25) is 9.97 Å². The van der Waals surface area contributed by atoms with Gasteiger partial charge in [-0.1, -0.05) is 26.3 Å². The van der Waals surface area contributed by atoms with Gasteiger partial charge in [0.1, 0.15) is 0 Å². The van der Waals surface area contributed by atoms with Crippen molar-refractivity contribution in [3.63, 3.8) is 0 Å². The number of hydrogen-bond acceptors (Lipinski definition) is 2. The number of aromatic nitrogens is 2. The highest BCUT2D eigenvalue weighted by molar-refractivity contribution is 5.51. The van der Waals surface area contributed by atoms with E-state index in [0.29, 0.717) is 0 Å². The standard InChI is InChI=1S/C12H18N2/c1-9(12(3,4)5)8-11-10(2)13-6-7-14-11/h6-8H,1-5H3/b9-8+. The van der Waals surface area contributed by atoms with Crippen LogP contribution in [0.15, 0.2) is 18.0 Å². The number of nitrogens with zero attached hydrogens (tertiary/aromatic N) is 2. The van der Waals surface area contributed by atoms with Crippen molar-refractivity contribution in [3.8, 4) is 0 Å². The first-order valence-corrected chi connectivity index (χ1v) is 4.87. The predicted octanol–water partition coefficient (Wildman–Crippen LogP) is 3.23. The highest BCUT2D eigenvalue weighted by Gasteiger charge is 2.12. The maximum absolute atomic E-state index is 4.29. The van der Waals surface area contributed by atoms with E-state index in [2.05, 4.69) is 43.7 Å². The Kier molecular flexibility index (Phi) is 3.04. The zero-order valence-electron chi connectivity index (χ0n) is 9.63. The molecule has 0 aliphatic rings. The van der Waals surface area contributed by atoms with Crippen LogP contribution in [0.3, 0.4) is 0 Å². The van der Waals surface area contributed by atoms with Gasteiger partial charge in [0.15, 0.2) is 0 Å². The fourth-order valence-electron chi connectivity index (χ4n) is 0.982. The third kappa shape index (κ3) is 2.66. The summed E-state index contributed by atoms with van der Waals surface area (Å²) < 4.78 is 0. The SMILES string of the molecule is C/C(=C\c1nccnc1C)C(C)(C)C. The van der Waals surface area contributed by atoms with Crippen molar-refractivity contribution in [2.24, 2.45) is 5.41 Å². The fraction of sp³-hybridized carbons (Fsp3) is 0.500. The molecule has 0 saturated heterocycles. The van der Waals surface area contributed by atoms with Crippen molar-refractivity contribution < 1.29 is 0 Å². The van der Waals surface area contributed by atoms with E-state index in [-0.39, 0.29) is 5.41 Å². The van der Waals surface area contributed by atoms with Crippen LogP contribution >= 0.6 is 0 Å². The number of aryl methyl sites for hydroxylation is 1. The van der Waals surface area contributed by atoms with E-state index in [1.54, 1.807) is 12.4 Å². The van der Waals surface area contributed by atoms with Gasteiger partial charge < -0.3 is 0 Å². The second-order valence-electron chi connectivity index (χ2n) is 4.60. The van der Waals surface area contributed by atoms with Crippen LogP contribution in [0.4, 0.5) is 0 Å². The Bertz CT molecular complexity index is 346. The van der Waals surface area contributed by atoms with E-state index in [4.69, 9.17) is 0 Å². The molecule has 0 saturated carbocycles. The minimum atomic E-state index is 0.198. The van der Waals surface area contributed by atoms with Crippen molar-refractivity contribution in [1.82, 2.24) is 9.97 Å². The maximum Gasteiger partial charge on any atom is 0.0841 e. The molecule has 0 aliphatic heterocycles. The Balaban J connectivity index is 3.04. The van der Waals surface area contributed by atoms with Crippen LogP contribution < -0.4 is 0 Å². The molecule has 0 radical (unpaired) electrons. The highest BCUT2D eigenvalue weighted by atomic mass is 14.8. The summed E-state index contributed by atoms with van der Waals surface area (Å²) >= 11 is 0. The van der Waals surface area contributed by atoms with Crippen LogP contribution in [0.2, 0.25) is 0 Å². The van der Waals surface area contributed by atoms with Crippen LogP contribution in [-0.4, -0.2) is 9.97 Å². The molecule has 1 aromatic rings. The summed E-state index contributed by atoms with van der Waals surface area (Å²) in [6.45, 7) is 10.7. The molecule has 2 nitrogen and oxygen atoms in total. The Morgan fingerprint density at radius 1 is 1.21 bits per heavy atom. The summed E-state index contributed by atoms with van der Waals surface area (Å²) in [6.07, 6.45) is 5.57. The van der Waals surface area contributed by atoms with E-state index in [1.807, 2.05) is 6.92 Å². The summed E-state index contributed by atoms with van der Waals surface area (Å²) in [5.41, 5.74) is 3.47. The molecule has 0 fully saturated rings. The first-order valence-electron chi connectivity index (χ1n) is 4.87. The summed E-state index contributed by atoms with van der Waals surface area (Å²) in [5.74, 6) is 0. The average molecular weight is 190 g/mol. The smallest absolute Gasteiger partial charge is 0.0841 e. The van der Waals surface area contributed by atoms with Crippen molar-refractivity contribution in [2.75, 3.05) is 0 Å². The van der Waals surface area contributed by atoms with Crippen molar-refractivity contribution in [1.29, 1.82) is 0 Å². The van der Waals surface area contributed by atoms with E-state index >= 15 is 0 Å². The molecule has 1 aromatic heterocycles. The first-order chi connectivity index (χ1) is 6.41. The third-order valence-corrected chi connectivity index (χ3v) is 2.46. The molecule has 0 aliphatic carbocycles. The van der Waals surface area contributed by atoms with Crippen LogP contribution in [0.25, 0.3) is 6.08 Å². The van der Waals surface area contributed by atoms with Gasteiger partial charge in [0.2, 0.25) is 0 Å². The maximum atomic E-state index is 4.29. The summed E-state index contributed by atoms with van der Waals surface area (Å²) in [7, 11) is 0. The fourth-order valence-corrected chi connectivity index (χ4v) is 0.982. The molecule has 0 bridgehead atoms. The summed E-state index contributed by atoms with van der Waals surface area (Å²) in [5, 5.41) is 0. The van der Waals surface area contributed by atoms with Gasteiger partial charge in [-0.25, -0.2) is 0 Å². The van der Waals surface area contributed by atoms with Gasteiger partial charge in [-0.2, -0.15) is 0 Å². The van der Waals surface area contributed by atoms with Crippen LogP contribution in [0, 0.1) is 12.3 Å². The molecule has 0 atom stereocenters. The van der Waals surface area contributed by atoms with E-state index in [9.17, 15) is 0 Å². The van der Waals surface area contributed by atoms with Gasteiger partial charge in [0.25, 0.3) is 0 Å². The molecule has 2 heteroatoms. The minimum Gasteiger partial charge on any atom is -0.258 e. The lowest BCUT2D eigenvalue weighted by atomic mass is 9.87. The largest absolute Gasteiger partial charge is 0.258 e. The molecular formula is C12H18N2. The first kappa shape index (κ1) is 10.9. The van der Waals surface area contributed by atoms with E-state index in [0.717, 1.165) is 11.4 Å². The molecule has 0 aromatic carbocycles. The number of hydrogen-bond donors (Lipinski definition) is 0. The molecule has 14 heavy (non-hydrogen) atoms. The molecule has 0 spiro atoms. The van der Waals surface area contributed by atoms with Gasteiger partial charge in [-0.15, -0.1) is 0 Å². The Hall–Kier alpha value is -1.18. The number of rotatable bonds is 1. The third-order valence-electron chi connectivity index (χ3n) is 2.46. The van der Waals surface area contributed by atoms with Crippen LogP contribution in [-0.2, 0) is 0 Å². The molecule has 1 heterocycles. The molecule has 0 unspecified atom stereocenters. The van der Waals surface area contributed by atoms with Crippen molar-refractivity contribution in [2.45, 2.75) is 34.6 Å². The lowest BCUT2D eigenvalue weighted by Crippen LogP contribution is -2.06. The normalized spacial score (nSPS) is 13.1. The molecule has 0 amide bonds. The molecule has 1 rings (SSSR count). The van der Waals surface area contributed by atoms with Gasteiger partial charge in [0.05, 0.1) is 11.4 Å². The Labute approximate surface area is 86.1 Å². The second-order valence-corrected chi connectivity index (χ2v) is 4.60. The average Bonchev–Trinajstić information content (AvgIpc) is 2.07. The molecular weight excluding hydrogens is 172 g/mol. The Morgan fingerprint density at radius 2 is 1.79 bits per heavy atom. The topological polar surface area (TPSA) is 25.8 Å². The zero-order valence-corrected chi connectivity index (χ0v) is 9.63. The van der Waals surface area contributed by atoms with Crippen LogP contribution in [0.5, 0.6) is 0 Å². The van der Waals surface area contributed by atoms with Gasteiger partial charge in [-0.05, 0) is 25.3 Å². The molecule has 76 valence electrons. The summed E-state index contributed by atoms with van der Waals surface area (Å²) in [4.78, 5) is 8.50.